The minimum absolute atomic E-state index is 0.0267. The maximum atomic E-state index is 13.8. The standard InChI is InChI=1S/C19H20F5N5O2S/c1-4-32(30,31)17-14(27-13-7-10(2)5-6-29(13)17)16-26-12-8-11(9-25-15(12)28(16)3)18(20,21)19(22,23)24/h8-10H,4-7H2,1-3H3. The number of sulfone groups is 1. The van der Waals surface area contributed by atoms with Crippen LogP contribution in [0.25, 0.3) is 22.7 Å². The Morgan fingerprint density at radius 3 is 2.50 bits per heavy atom. The molecule has 0 amide bonds. The number of rotatable bonds is 4. The maximum Gasteiger partial charge on any atom is 0.458 e. The first-order valence-corrected chi connectivity index (χ1v) is 11.5. The second kappa shape index (κ2) is 7.22. The van der Waals surface area contributed by atoms with Gasteiger partial charge in [0.05, 0.1) is 11.3 Å². The zero-order valence-electron chi connectivity index (χ0n) is 17.4. The summed E-state index contributed by atoms with van der Waals surface area (Å²) < 4.78 is 94.6. The third-order valence-corrected chi connectivity index (χ3v) is 7.45. The van der Waals surface area contributed by atoms with Crippen molar-refractivity contribution in [2.75, 3.05) is 5.75 Å². The SMILES string of the molecule is CCS(=O)(=O)c1c(-c2nc3cc(C(F)(F)C(F)(F)F)cnc3n2C)nc2n1CCC(C)C2. The van der Waals surface area contributed by atoms with E-state index in [1.54, 1.807) is 4.57 Å². The van der Waals surface area contributed by atoms with E-state index in [-0.39, 0.29) is 33.5 Å². The number of alkyl halides is 5. The molecular formula is C19H20F5N5O2S. The fraction of sp³-hybridized carbons (Fsp3) is 0.526. The average Bonchev–Trinajstić information content (AvgIpc) is 3.24. The number of hydrogen-bond donors (Lipinski definition) is 0. The van der Waals surface area contributed by atoms with Gasteiger partial charge in [-0.25, -0.2) is 23.4 Å². The van der Waals surface area contributed by atoms with Crippen molar-refractivity contribution in [3.63, 3.8) is 0 Å². The molecule has 1 aliphatic rings. The first-order valence-electron chi connectivity index (χ1n) is 9.88. The third-order valence-electron chi connectivity index (χ3n) is 5.69. The Bertz CT molecular complexity index is 1310. The first kappa shape index (κ1) is 22.6. The molecule has 0 bridgehead atoms. The number of halogens is 5. The van der Waals surface area contributed by atoms with E-state index < -0.39 is 27.5 Å². The molecule has 32 heavy (non-hydrogen) atoms. The lowest BCUT2D eigenvalue weighted by Gasteiger charge is -2.21. The van der Waals surface area contributed by atoms with E-state index in [2.05, 4.69) is 15.0 Å². The van der Waals surface area contributed by atoms with Gasteiger partial charge in [0.25, 0.3) is 0 Å². The highest BCUT2D eigenvalue weighted by molar-refractivity contribution is 7.91. The number of aryl methyl sites for hydroxylation is 1. The summed E-state index contributed by atoms with van der Waals surface area (Å²) in [6, 6.07) is 0.616. The van der Waals surface area contributed by atoms with Gasteiger partial charge in [-0.1, -0.05) is 13.8 Å². The van der Waals surface area contributed by atoms with Gasteiger partial charge in [0.2, 0.25) is 0 Å². The molecule has 3 aromatic heterocycles. The van der Waals surface area contributed by atoms with Crippen LogP contribution in [0.15, 0.2) is 17.3 Å². The van der Waals surface area contributed by atoms with E-state index in [1.807, 2.05) is 6.92 Å². The Hall–Kier alpha value is -2.57. The van der Waals surface area contributed by atoms with Gasteiger partial charge < -0.3 is 9.13 Å². The number of imidazole rings is 2. The van der Waals surface area contributed by atoms with Crippen LogP contribution in [0.5, 0.6) is 0 Å². The molecule has 0 N–H and O–H groups in total. The first-order chi connectivity index (χ1) is 14.8. The maximum absolute atomic E-state index is 13.8. The normalized spacial score (nSPS) is 17.7. The topological polar surface area (TPSA) is 82.7 Å². The molecular weight excluding hydrogens is 457 g/mol. The summed E-state index contributed by atoms with van der Waals surface area (Å²) in [4.78, 5) is 12.4. The third kappa shape index (κ3) is 3.37. The molecule has 7 nitrogen and oxygen atoms in total. The minimum atomic E-state index is -5.79. The van der Waals surface area contributed by atoms with Crippen LogP contribution in [0.4, 0.5) is 22.0 Å². The fourth-order valence-corrected chi connectivity index (χ4v) is 5.09. The van der Waals surface area contributed by atoms with Crippen LogP contribution >= 0.6 is 0 Å². The van der Waals surface area contributed by atoms with Crippen LogP contribution < -0.4 is 0 Å². The predicted octanol–water partition coefficient (Wildman–Crippen LogP) is 3.86. The van der Waals surface area contributed by atoms with Crippen molar-refractivity contribution in [2.45, 2.75) is 50.4 Å². The zero-order valence-corrected chi connectivity index (χ0v) is 18.2. The fourth-order valence-electron chi connectivity index (χ4n) is 3.85. The predicted molar refractivity (Wildman–Crippen MR) is 105 cm³/mol. The number of pyridine rings is 1. The number of hydrogen-bond acceptors (Lipinski definition) is 5. The van der Waals surface area contributed by atoms with Crippen LogP contribution in [0.1, 0.15) is 31.7 Å². The summed E-state index contributed by atoms with van der Waals surface area (Å²) in [5.41, 5.74) is -1.49. The molecule has 3 aromatic rings. The highest BCUT2D eigenvalue weighted by Crippen LogP contribution is 2.44. The van der Waals surface area contributed by atoms with Gasteiger partial charge in [-0.15, -0.1) is 0 Å². The molecule has 4 rings (SSSR count). The quantitative estimate of drug-likeness (QED) is 0.533. The molecule has 0 aromatic carbocycles. The highest BCUT2D eigenvalue weighted by Gasteiger charge is 2.59. The molecule has 1 atom stereocenters. The summed E-state index contributed by atoms with van der Waals surface area (Å²) in [5, 5.41) is -0.0267. The molecule has 13 heteroatoms. The van der Waals surface area contributed by atoms with Crippen molar-refractivity contribution in [3.05, 3.63) is 23.7 Å². The molecule has 0 fully saturated rings. The van der Waals surface area contributed by atoms with Crippen LogP contribution in [-0.2, 0) is 35.8 Å². The van der Waals surface area contributed by atoms with Crippen LogP contribution in [0, 0.1) is 5.92 Å². The van der Waals surface area contributed by atoms with Crippen molar-refractivity contribution in [3.8, 4) is 11.5 Å². The Morgan fingerprint density at radius 1 is 1.19 bits per heavy atom. The largest absolute Gasteiger partial charge is 0.458 e. The zero-order chi connectivity index (χ0) is 23.6. The number of nitrogens with zero attached hydrogens (tertiary/aromatic N) is 5. The van der Waals surface area contributed by atoms with Crippen LogP contribution in [0.3, 0.4) is 0 Å². The molecule has 0 radical (unpaired) electrons. The number of aromatic nitrogens is 5. The molecule has 4 heterocycles. The molecule has 0 saturated heterocycles. The van der Waals surface area contributed by atoms with E-state index in [9.17, 15) is 30.4 Å². The van der Waals surface area contributed by atoms with Crippen LogP contribution in [0.2, 0.25) is 0 Å². The van der Waals surface area contributed by atoms with Crippen molar-refractivity contribution in [1.82, 2.24) is 24.1 Å². The van der Waals surface area contributed by atoms with Crippen molar-refractivity contribution < 1.29 is 30.4 Å². The van der Waals surface area contributed by atoms with E-state index in [0.717, 1.165) is 6.42 Å². The van der Waals surface area contributed by atoms with E-state index in [1.165, 1.54) is 18.5 Å². The van der Waals surface area contributed by atoms with Crippen molar-refractivity contribution in [1.29, 1.82) is 0 Å². The number of fused-ring (bicyclic) bond motifs is 2. The molecule has 0 saturated carbocycles. The lowest BCUT2D eigenvalue weighted by atomic mass is 10.0. The van der Waals surface area contributed by atoms with E-state index >= 15 is 0 Å². The van der Waals surface area contributed by atoms with Gasteiger partial charge >= 0.3 is 12.1 Å². The molecule has 0 aliphatic carbocycles. The van der Waals surface area contributed by atoms with Gasteiger partial charge in [0, 0.05) is 26.2 Å². The van der Waals surface area contributed by atoms with Gasteiger partial charge in [-0.2, -0.15) is 22.0 Å². The van der Waals surface area contributed by atoms with Gasteiger partial charge in [-0.3, -0.25) is 0 Å². The average molecular weight is 477 g/mol. The summed E-state index contributed by atoms with van der Waals surface area (Å²) in [6.07, 6.45) is -4.03. The summed E-state index contributed by atoms with van der Waals surface area (Å²) in [5.74, 6) is -4.40. The smallest absolute Gasteiger partial charge is 0.318 e. The van der Waals surface area contributed by atoms with E-state index in [4.69, 9.17) is 0 Å². The summed E-state index contributed by atoms with van der Waals surface area (Å²) in [7, 11) is -2.26. The van der Waals surface area contributed by atoms with Gasteiger partial charge in [-0.05, 0) is 18.4 Å². The van der Waals surface area contributed by atoms with Gasteiger partial charge in [0.15, 0.2) is 26.3 Å². The second-order valence-electron chi connectivity index (χ2n) is 7.97. The molecule has 0 spiro atoms. The van der Waals surface area contributed by atoms with Gasteiger partial charge in [0.1, 0.15) is 17.0 Å². The molecule has 1 unspecified atom stereocenters. The summed E-state index contributed by atoms with van der Waals surface area (Å²) >= 11 is 0. The Balaban J connectivity index is 1.94. The second-order valence-corrected chi connectivity index (χ2v) is 10.2. The van der Waals surface area contributed by atoms with Crippen molar-refractivity contribution in [2.24, 2.45) is 13.0 Å². The van der Waals surface area contributed by atoms with Crippen molar-refractivity contribution >= 4 is 21.0 Å². The summed E-state index contributed by atoms with van der Waals surface area (Å²) in [6.45, 7) is 3.96. The van der Waals surface area contributed by atoms with Crippen LogP contribution in [-0.4, -0.2) is 44.4 Å². The Kier molecular flexibility index (Phi) is 5.10. The Labute approximate surface area is 180 Å². The Morgan fingerprint density at radius 2 is 1.88 bits per heavy atom. The molecule has 174 valence electrons. The molecule has 1 aliphatic heterocycles. The lowest BCUT2D eigenvalue weighted by Crippen LogP contribution is -2.33. The van der Waals surface area contributed by atoms with E-state index in [0.29, 0.717) is 37.0 Å². The monoisotopic (exact) mass is 477 g/mol. The highest BCUT2D eigenvalue weighted by atomic mass is 32.2. The lowest BCUT2D eigenvalue weighted by molar-refractivity contribution is -0.289. The minimum Gasteiger partial charge on any atom is -0.318 e.